The predicted octanol–water partition coefficient (Wildman–Crippen LogP) is 7.36. The normalized spacial score (nSPS) is 16.5. The summed E-state index contributed by atoms with van der Waals surface area (Å²) in [7, 11) is 0. The summed E-state index contributed by atoms with van der Waals surface area (Å²) in [6, 6.07) is 6.96. The summed E-state index contributed by atoms with van der Waals surface area (Å²) in [6.07, 6.45) is 9.13. The van der Waals surface area contributed by atoms with Crippen molar-refractivity contribution >= 4 is 31.9 Å². The SMILES string of the molecule is CCCC(CCC)C1c2ncc(Br)cc2CCc2cc(C)cc(Br)c21. The molecule has 0 saturated heterocycles. The van der Waals surface area contributed by atoms with E-state index >= 15 is 0 Å². The molecule has 1 aromatic heterocycles. The molecule has 0 fully saturated rings. The number of fused-ring (bicyclic) bond motifs is 2. The molecule has 0 saturated carbocycles. The van der Waals surface area contributed by atoms with Crippen LogP contribution >= 0.6 is 31.9 Å². The number of pyridine rings is 1. The van der Waals surface area contributed by atoms with Crippen molar-refractivity contribution < 1.29 is 0 Å². The third-order valence-corrected chi connectivity index (χ3v) is 6.48. The lowest BCUT2D eigenvalue weighted by Crippen LogP contribution is -2.18. The summed E-state index contributed by atoms with van der Waals surface area (Å²) in [4.78, 5) is 4.94. The van der Waals surface area contributed by atoms with Gasteiger partial charge in [0.25, 0.3) is 0 Å². The number of aromatic nitrogens is 1. The minimum absolute atomic E-state index is 0.399. The standard InChI is InChI=1S/C22H27Br2N/c1-4-6-15(7-5-2)21-20-16(10-14(3)11-19(20)24)8-9-17-12-18(23)13-25-22(17)21/h10-13,15,21H,4-9H2,1-3H3. The van der Waals surface area contributed by atoms with E-state index in [2.05, 4.69) is 70.8 Å². The Bertz CT molecular complexity index is 748. The van der Waals surface area contributed by atoms with Gasteiger partial charge in [-0.15, -0.1) is 0 Å². The fourth-order valence-corrected chi connectivity index (χ4v) is 5.68. The molecule has 1 aliphatic carbocycles. The van der Waals surface area contributed by atoms with Crippen molar-refractivity contribution in [1.82, 2.24) is 4.98 Å². The van der Waals surface area contributed by atoms with Gasteiger partial charge in [-0.3, -0.25) is 4.98 Å². The van der Waals surface area contributed by atoms with Gasteiger partial charge < -0.3 is 0 Å². The molecule has 3 rings (SSSR count). The molecule has 0 N–H and O–H groups in total. The van der Waals surface area contributed by atoms with Gasteiger partial charge in [0.2, 0.25) is 0 Å². The Balaban J connectivity index is 2.22. The van der Waals surface area contributed by atoms with E-state index in [4.69, 9.17) is 4.98 Å². The van der Waals surface area contributed by atoms with Crippen molar-refractivity contribution in [1.29, 1.82) is 0 Å². The quantitative estimate of drug-likeness (QED) is 0.450. The number of hydrogen-bond acceptors (Lipinski definition) is 1. The molecule has 1 heterocycles. The number of aryl methyl sites for hydroxylation is 3. The summed E-state index contributed by atoms with van der Waals surface area (Å²) >= 11 is 7.53. The Morgan fingerprint density at radius 2 is 1.72 bits per heavy atom. The lowest BCUT2D eigenvalue weighted by Gasteiger charge is -2.29. The van der Waals surface area contributed by atoms with Gasteiger partial charge in [-0.2, -0.15) is 0 Å². The highest BCUT2D eigenvalue weighted by Crippen LogP contribution is 2.45. The summed E-state index contributed by atoms with van der Waals surface area (Å²) in [5.74, 6) is 1.05. The number of rotatable bonds is 5. The zero-order valence-corrected chi connectivity index (χ0v) is 18.6. The van der Waals surface area contributed by atoms with Gasteiger partial charge in [0, 0.05) is 21.1 Å². The first-order valence-electron chi connectivity index (χ1n) is 9.48. The lowest BCUT2D eigenvalue weighted by atomic mass is 9.77. The fourth-order valence-electron chi connectivity index (χ4n) is 4.44. The second-order valence-corrected chi connectivity index (χ2v) is 9.10. The first kappa shape index (κ1) is 19.1. The van der Waals surface area contributed by atoms with Crippen LogP contribution in [-0.2, 0) is 12.8 Å². The molecule has 0 spiro atoms. The first-order chi connectivity index (χ1) is 12.0. The molecule has 0 bridgehead atoms. The van der Waals surface area contributed by atoms with Crippen LogP contribution < -0.4 is 0 Å². The van der Waals surface area contributed by atoms with E-state index in [-0.39, 0.29) is 0 Å². The molecule has 25 heavy (non-hydrogen) atoms. The van der Waals surface area contributed by atoms with Crippen LogP contribution in [0.1, 0.15) is 73.4 Å². The van der Waals surface area contributed by atoms with Crippen LogP contribution in [0.4, 0.5) is 0 Å². The maximum absolute atomic E-state index is 4.94. The highest BCUT2D eigenvalue weighted by Gasteiger charge is 2.32. The molecular weight excluding hydrogens is 438 g/mol. The molecule has 0 amide bonds. The van der Waals surface area contributed by atoms with Gasteiger partial charge in [-0.1, -0.05) is 48.7 Å². The number of nitrogens with zero attached hydrogens (tertiary/aromatic N) is 1. The summed E-state index contributed by atoms with van der Waals surface area (Å²) < 4.78 is 2.36. The second-order valence-electron chi connectivity index (χ2n) is 7.33. The Morgan fingerprint density at radius 3 is 2.40 bits per heavy atom. The Labute approximate surface area is 168 Å². The van der Waals surface area contributed by atoms with Crippen LogP contribution in [0, 0.1) is 12.8 Å². The van der Waals surface area contributed by atoms with Crippen LogP contribution in [0.5, 0.6) is 0 Å². The zero-order chi connectivity index (χ0) is 18.0. The molecule has 1 atom stereocenters. The van der Waals surface area contributed by atoms with Crippen LogP contribution in [0.15, 0.2) is 33.3 Å². The van der Waals surface area contributed by atoms with Crippen LogP contribution in [0.2, 0.25) is 0 Å². The van der Waals surface area contributed by atoms with Gasteiger partial charge in [-0.25, -0.2) is 0 Å². The third-order valence-electron chi connectivity index (χ3n) is 5.39. The highest BCUT2D eigenvalue weighted by molar-refractivity contribution is 9.10. The highest BCUT2D eigenvalue weighted by atomic mass is 79.9. The van der Waals surface area contributed by atoms with Crippen LogP contribution in [0.25, 0.3) is 0 Å². The Hall–Kier alpha value is -0.670. The average molecular weight is 465 g/mol. The van der Waals surface area contributed by atoms with E-state index in [9.17, 15) is 0 Å². The van der Waals surface area contributed by atoms with Crippen molar-refractivity contribution in [2.75, 3.05) is 0 Å². The van der Waals surface area contributed by atoms with Gasteiger partial charge in [0.05, 0.1) is 5.69 Å². The lowest BCUT2D eigenvalue weighted by molar-refractivity contribution is 0.389. The van der Waals surface area contributed by atoms with Gasteiger partial charge in [0.1, 0.15) is 0 Å². The van der Waals surface area contributed by atoms with Crippen LogP contribution in [-0.4, -0.2) is 4.98 Å². The van der Waals surface area contributed by atoms with E-state index in [1.165, 1.54) is 58.1 Å². The van der Waals surface area contributed by atoms with Crippen molar-refractivity contribution in [3.63, 3.8) is 0 Å². The minimum Gasteiger partial charge on any atom is -0.259 e. The number of halogens is 2. The second kappa shape index (κ2) is 8.35. The van der Waals surface area contributed by atoms with E-state index in [0.717, 1.165) is 17.3 Å². The largest absolute Gasteiger partial charge is 0.259 e. The summed E-state index contributed by atoms with van der Waals surface area (Å²) in [5, 5.41) is 0. The van der Waals surface area contributed by atoms with Gasteiger partial charge in [-0.05, 0) is 88.8 Å². The number of hydrogen-bond donors (Lipinski definition) is 0. The van der Waals surface area contributed by atoms with Crippen LogP contribution in [0.3, 0.4) is 0 Å². The smallest absolute Gasteiger partial charge is 0.0514 e. The molecular formula is C22H27Br2N. The molecule has 3 heteroatoms. The van der Waals surface area contributed by atoms with Crippen molar-refractivity contribution in [3.05, 3.63) is 61.3 Å². The molecule has 1 nitrogen and oxygen atoms in total. The van der Waals surface area contributed by atoms with Gasteiger partial charge >= 0.3 is 0 Å². The van der Waals surface area contributed by atoms with E-state index in [1.807, 2.05) is 6.20 Å². The third kappa shape index (κ3) is 4.03. The molecule has 1 aromatic carbocycles. The van der Waals surface area contributed by atoms with Crippen molar-refractivity contribution in [3.8, 4) is 0 Å². The zero-order valence-electron chi connectivity index (χ0n) is 15.4. The van der Waals surface area contributed by atoms with E-state index in [0.29, 0.717) is 11.8 Å². The Morgan fingerprint density at radius 1 is 1.04 bits per heavy atom. The summed E-state index contributed by atoms with van der Waals surface area (Å²) in [5.41, 5.74) is 7.05. The number of benzene rings is 1. The molecule has 1 unspecified atom stereocenters. The average Bonchev–Trinajstić information content (AvgIpc) is 2.71. The monoisotopic (exact) mass is 463 g/mol. The van der Waals surface area contributed by atoms with Crippen molar-refractivity contribution in [2.45, 2.75) is 65.2 Å². The first-order valence-corrected chi connectivity index (χ1v) is 11.1. The minimum atomic E-state index is 0.399. The summed E-state index contributed by atoms with van der Waals surface area (Å²) in [6.45, 7) is 6.81. The molecule has 0 aliphatic heterocycles. The van der Waals surface area contributed by atoms with E-state index < -0.39 is 0 Å². The molecule has 1 aliphatic rings. The van der Waals surface area contributed by atoms with Crippen molar-refractivity contribution in [2.24, 2.45) is 5.92 Å². The molecule has 0 radical (unpaired) electrons. The predicted molar refractivity (Wildman–Crippen MR) is 113 cm³/mol. The molecule has 2 aromatic rings. The molecule has 134 valence electrons. The van der Waals surface area contributed by atoms with Gasteiger partial charge in [0.15, 0.2) is 0 Å². The topological polar surface area (TPSA) is 12.9 Å². The maximum atomic E-state index is 4.94. The maximum Gasteiger partial charge on any atom is 0.0514 e. The fraction of sp³-hybridized carbons (Fsp3) is 0.500. The Kier molecular flexibility index (Phi) is 6.38. The van der Waals surface area contributed by atoms with E-state index in [1.54, 1.807) is 0 Å².